The predicted molar refractivity (Wildman–Crippen MR) is 124 cm³/mol. The average molecular weight is 379 g/mol. The number of para-hydroxylation sites is 2. The van der Waals surface area contributed by atoms with Crippen molar-refractivity contribution in [3.05, 3.63) is 120 Å². The maximum atomic E-state index is 2.35. The Balaban J connectivity index is 1.77. The Morgan fingerprint density at radius 3 is 1.07 bits per heavy atom. The molecule has 0 spiro atoms. The van der Waals surface area contributed by atoms with Gasteiger partial charge in [-0.1, -0.05) is 71.8 Å². The molecule has 0 radical (unpaired) electrons. The van der Waals surface area contributed by atoms with Gasteiger partial charge < -0.3 is 9.80 Å². The highest BCUT2D eigenvalue weighted by molar-refractivity contribution is 5.69. The molecule has 0 fully saturated rings. The van der Waals surface area contributed by atoms with Gasteiger partial charge in [0.15, 0.2) is 0 Å². The number of benzene rings is 4. The summed E-state index contributed by atoms with van der Waals surface area (Å²) in [7, 11) is 0. The van der Waals surface area contributed by atoms with Crippen LogP contribution in [0.2, 0.25) is 0 Å². The van der Waals surface area contributed by atoms with Crippen LogP contribution in [0.1, 0.15) is 11.1 Å². The quantitative estimate of drug-likeness (QED) is 0.326. The first-order valence-corrected chi connectivity index (χ1v) is 9.99. The largest absolute Gasteiger partial charge is 0.323 e. The fourth-order valence-corrected chi connectivity index (χ4v) is 3.43. The first-order valence-electron chi connectivity index (χ1n) is 9.99. The van der Waals surface area contributed by atoms with Crippen LogP contribution in [-0.2, 0) is 0 Å². The van der Waals surface area contributed by atoms with Gasteiger partial charge >= 0.3 is 0 Å². The molecule has 0 bridgehead atoms. The van der Waals surface area contributed by atoms with Gasteiger partial charge in [0, 0.05) is 22.7 Å². The summed E-state index contributed by atoms with van der Waals surface area (Å²) in [6.07, 6.45) is 0. The van der Waals surface area contributed by atoms with Crippen LogP contribution < -0.4 is 9.80 Å². The van der Waals surface area contributed by atoms with Crippen molar-refractivity contribution in [3.8, 4) is 0 Å². The van der Waals surface area contributed by atoms with Crippen LogP contribution in [-0.4, -0.2) is 6.67 Å². The van der Waals surface area contributed by atoms with E-state index in [4.69, 9.17) is 0 Å². The number of hydrogen-bond acceptors (Lipinski definition) is 2. The van der Waals surface area contributed by atoms with Crippen LogP contribution in [0.15, 0.2) is 109 Å². The Bertz CT molecular complexity index is 936. The number of anilines is 4. The molecule has 144 valence electrons. The van der Waals surface area contributed by atoms with E-state index in [1.807, 2.05) is 0 Å². The zero-order valence-electron chi connectivity index (χ0n) is 17.0. The van der Waals surface area contributed by atoms with Crippen LogP contribution in [0.5, 0.6) is 0 Å². The third-order valence-corrected chi connectivity index (χ3v) is 5.11. The minimum atomic E-state index is 0.708. The predicted octanol–water partition coefficient (Wildman–Crippen LogP) is 7.24. The fraction of sp³-hybridized carbons (Fsp3) is 0.111. The summed E-state index contributed by atoms with van der Waals surface area (Å²) < 4.78 is 0. The second-order valence-electron chi connectivity index (χ2n) is 7.34. The van der Waals surface area contributed by atoms with E-state index in [9.17, 15) is 0 Å². The molecule has 4 aromatic rings. The van der Waals surface area contributed by atoms with Gasteiger partial charge in [-0.3, -0.25) is 0 Å². The SMILES string of the molecule is Cc1ccc(N(CN(c2ccccc2)c2ccc(C)cc2)c2ccccc2)cc1. The molecule has 0 aromatic heterocycles. The number of hydrogen-bond donors (Lipinski definition) is 0. The lowest BCUT2D eigenvalue weighted by Crippen LogP contribution is -2.32. The molecule has 0 saturated carbocycles. The molecule has 0 aliphatic carbocycles. The van der Waals surface area contributed by atoms with Gasteiger partial charge in [0.2, 0.25) is 0 Å². The van der Waals surface area contributed by atoms with Crippen molar-refractivity contribution in [3.63, 3.8) is 0 Å². The van der Waals surface area contributed by atoms with Crippen molar-refractivity contribution in [2.75, 3.05) is 16.5 Å². The summed E-state index contributed by atoms with van der Waals surface area (Å²) in [5.74, 6) is 0. The third-order valence-electron chi connectivity index (χ3n) is 5.11. The van der Waals surface area contributed by atoms with Gasteiger partial charge in [0.1, 0.15) is 0 Å². The molecule has 29 heavy (non-hydrogen) atoms. The molecule has 0 heterocycles. The van der Waals surface area contributed by atoms with Crippen molar-refractivity contribution < 1.29 is 0 Å². The molecule has 4 aromatic carbocycles. The molecule has 0 amide bonds. The third kappa shape index (κ3) is 4.49. The maximum Gasteiger partial charge on any atom is 0.0999 e. The van der Waals surface area contributed by atoms with Gasteiger partial charge in [-0.25, -0.2) is 0 Å². The normalized spacial score (nSPS) is 10.6. The van der Waals surface area contributed by atoms with E-state index >= 15 is 0 Å². The van der Waals surface area contributed by atoms with Gasteiger partial charge in [-0.05, 0) is 62.4 Å². The molecule has 0 saturated heterocycles. The molecule has 0 aliphatic rings. The van der Waals surface area contributed by atoms with E-state index in [1.54, 1.807) is 0 Å². The molecule has 4 rings (SSSR count). The molecule has 0 aliphatic heterocycles. The first-order chi connectivity index (χ1) is 14.2. The van der Waals surface area contributed by atoms with Crippen LogP contribution in [0.25, 0.3) is 0 Å². The molecule has 0 unspecified atom stereocenters. The van der Waals surface area contributed by atoms with Crippen LogP contribution >= 0.6 is 0 Å². The van der Waals surface area contributed by atoms with Crippen LogP contribution in [0.4, 0.5) is 22.7 Å². The smallest absolute Gasteiger partial charge is 0.0999 e. The van der Waals surface area contributed by atoms with Gasteiger partial charge in [0.05, 0.1) is 6.67 Å². The highest BCUT2D eigenvalue weighted by Gasteiger charge is 2.16. The zero-order chi connectivity index (χ0) is 20.1. The van der Waals surface area contributed by atoms with E-state index in [-0.39, 0.29) is 0 Å². The lowest BCUT2D eigenvalue weighted by Gasteiger charge is -2.34. The summed E-state index contributed by atoms with van der Waals surface area (Å²) in [5, 5.41) is 0. The highest BCUT2D eigenvalue weighted by Crippen LogP contribution is 2.31. The van der Waals surface area contributed by atoms with Crippen molar-refractivity contribution in [2.45, 2.75) is 13.8 Å². The fourth-order valence-electron chi connectivity index (χ4n) is 3.43. The Kier molecular flexibility index (Phi) is 5.62. The number of aryl methyl sites for hydroxylation is 2. The Labute approximate surface area is 173 Å². The van der Waals surface area contributed by atoms with Gasteiger partial charge in [-0.2, -0.15) is 0 Å². The topological polar surface area (TPSA) is 6.48 Å². The lowest BCUT2D eigenvalue weighted by atomic mass is 10.1. The highest BCUT2D eigenvalue weighted by atomic mass is 15.3. The first kappa shape index (κ1) is 18.8. The summed E-state index contributed by atoms with van der Waals surface area (Å²) in [6.45, 7) is 4.96. The van der Waals surface area contributed by atoms with Gasteiger partial charge in [0.25, 0.3) is 0 Å². The molecule has 0 atom stereocenters. The van der Waals surface area contributed by atoms with Crippen molar-refractivity contribution in [2.24, 2.45) is 0 Å². The van der Waals surface area contributed by atoms with E-state index in [0.717, 1.165) is 0 Å². The van der Waals surface area contributed by atoms with E-state index in [0.29, 0.717) is 6.67 Å². The summed E-state index contributed by atoms with van der Waals surface area (Å²) >= 11 is 0. The van der Waals surface area contributed by atoms with E-state index in [1.165, 1.54) is 33.9 Å². The Morgan fingerprint density at radius 1 is 0.414 bits per heavy atom. The lowest BCUT2D eigenvalue weighted by molar-refractivity contribution is 0.925. The summed E-state index contributed by atoms with van der Waals surface area (Å²) in [5.41, 5.74) is 7.22. The average Bonchev–Trinajstić information content (AvgIpc) is 2.77. The standard InChI is InChI=1S/C27H26N2/c1-22-13-17-26(18-14-22)28(24-9-5-3-6-10-24)21-29(25-11-7-4-8-12-25)27-19-15-23(2)16-20-27/h3-20H,21H2,1-2H3. The maximum absolute atomic E-state index is 2.35. The second-order valence-corrected chi connectivity index (χ2v) is 7.34. The number of nitrogens with zero attached hydrogens (tertiary/aromatic N) is 2. The zero-order valence-corrected chi connectivity index (χ0v) is 17.0. The monoisotopic (exact) mass is 378 g/mol. The van der Waals surface area contributed by atoms with Crippen molar-refractivity contribution in [1.82, 2.24) is 0 Å². The van der Waals surface area contributed by atoms with Crippen molar-refractivity contribution >= 4 is 22.7 Å². The minimum absolute atomic E-state index is 0.708. The minimum Gasteiger partial charge on any atom is -0.323 e. The van der Waals surface area contributed by atoms with Crippen LogP contribution in [0.3, 0.4) is 0 Å². The van der Waals surface area contributed by atoms with Crippen LogP contribution in [0, 0.1) is 13.8 Å². The summed E-state index contributed by atoms with van der Waals surface area (Å²) in [4.78, 5) is 4.71. The number of rotatable bonds is 6. The Hall–Kier alpha value is -3.52. The molecular formula is C27H26N2. The summed E-state index contributed by atoms with van der Waals surface area (Å²) in [6, 6.07) is 38.6. The molecule has 2 nitrogen and oxygen atoms in total. The molecule has 2 heteroatoms. The van der Waals surface area contributed by atoms with E-state index < -0.39 is 0 Å². The van der Waals surface area contributed by atoms with E-state index in [2.05, 4.69) is 133 Å². The molecule has 0 N–H and O–H groups in total. The van der Waals surface area contributed by atoms with Gasteiger partial charge in [-0.15, -0.1) is 0 Å². The Morgan fingerprint density at radius 2 is 0.724 bits per heavy atom. The second kappa shape index (κ2) is 8.66. The van der Waals surface area contributed by atoms with Crippen molar-refractivity contribution in [1.29, 1.82) is 0 Å². The molecular weight excluding hydrogens is 352 g/mol.